The Bertz CT molecular complexity index is 2350. The fourth-order valence-corrected chi connectivity index (χ4v) is 7.31. The molecular weight excluding hydrogens is 637 g/mol. The predicted molar refractivity (Wildman–Crippen MR) is 174 cm³/mol. The molecule has 0 aliphatic heterocycles. The average molecular weight is 661 g/mol. The molecule has 0 fully saturated rings. The minimum atomic E-state index is -4.51. The highest BCUT2D eigenvalue weighted by atomic mass is 35.5. The molecule has 2 heterocycles. The van der Waals surface area contributed by atoms with Gasteiger partial charge in [0, 0.05) is 51.3 Å². The zero-order valence-electron chi connectivity index (χ0n) is 24.1. The van der Waals surface area contributed by atoms with Gasteiger partial charge in [-0.1, -0.05) is 66.7 Å². The third-order valence-corrected chi connectivity index (χ3v) is 9.79. The summed E-state index contributed by atoms with van der Waals surface area (Å²) in [5, 5.41) is 10.3. The van der Waals surface area contributed by atoms with E-state index in [9.17, 15) is 31.5 Å². The van der Waals surface area contributed by atoms with Gasteiger partial charge in [0.25, 0.3) is 22.0 Å². The van der Waals surface area contributed by atoms with Crippen LogP contribution in [0, 0.1) is 5.82 Å². The summed E-state index contributed by atoms with van der Waals surface area (Å²) in [6.07, 6.45) is -2.80. The van der Waals surface area contributed by atoms with E-state index in [1.54, 1.807) is 48.5 Å². The number of aliphatic hydroxyl groups excluding tert-OH is 1. The molecule has 0 aliphatic rings. The molecule has 0 saturated heterocycles. The Kier molecular flexibility index (Phi) is 7.87. The van der Waals surface area contributed by atoms with Crippen molar-refractivity contribution in [2.24, 2.45) is 7.05 Å². The monoisotopic (exact) mass is 660 g/mol. The standard InChI is InChI=1S/C35H24ClF3N2O4S/c1-20(42)22-11-15-27(29(36)18-22)23-5-3-6-24(17-23)34-33(31-7-4-8-32(43)40(31)2)28-19-25(37)12-16-30(28)41(34)46(44,45)26-13-9-21(10-14-26)35(38)39/h3-19,35,42H,1H2,2H3. The van der Waals surface area contributed by atoms with Gasteiger partial charge in [0.15, 0.2) is 0 Å². The smallest absolute Gasteiger partial charge is 0.268 e. The van der Waals surface area contributed by atoms with Crippen LogP contribution in [0.4, 0.5) is 13.2 Å². The maximum Gasteiger partial charge on any atom is 0.268 e. The van der Waals surface area contributed by atoms with Crippen LogP contribution in [-0.4, -0.2) is 22.1 Å². The summed E-state index contributed by atoms with van der Waals surface area (Å²) in [5.74, 6) is -0.799. The lowest BCUT2D eigenvalue weighted by Gasteiger charge is -2.16. The first-order valence-electron chi connectivity index (χ1n) is 13.8. The van der Waals surface area contributed by atoms with Gasteiger partial charge in [-0.05, 0) is 54.1 Å². The Hall–Kier alpha value is -5.06. The van der Waals surface area contributed by atoms with Gasteiger partial charge in [0.2, 0.25) is 0 Å². The van der Waals surface area contributed by atoms with Crippen molar-refractivity contribution in [1.29, 1.82) is 0 Å². The minimum absolute atomic E-state index is 0.106. The molecule has 0 radical (unpaired) electrons. The van der Waals surface area contributed by atoms with Crippen molar-refractivity contribution in [3.63, 3.8) is 0 Å². The van der Waals surface area contributed by atoms with E-state index >= 15 is 0 Å². The molecule has 0 bridgehead atoms. The van der Waals surface area contributed by atoms with Gasteiger partial charge < -0.3 is 9.67 Å². The maximum absolute atomic E-state index is 14.9. The second kappa shape index (κ2) is 11.7. The zero-order valence-corrected chi connectivity index (χ0v) is 25.7. The lowest BCUT2D eigenvalue weighted by molar-refractivity contribution is 0.151. The van der Waals surface area contributed by atoms with E-state index in [0.717, 1.165) is 34.3 Å². The van der Waals surface area contributed by atoms with E-state index < -0.39 is 22.3 Å². The number of benzene rings is 4. The van der Waals surface area contributed by atoms with Gasteiger partial charge in [0.1, 0.15) is 11.6 Å². The molecule has 11 heteroatoms. The van der Waals surface area contributed by atoms with Crippen molar-refractivity contribution in [3.8, 4) is 33.6 Å². The van der Waals surface area contributed by atoms with Gasteiger partial charge in [-0.15, -0.1) is 0 Å². The SMILES string of the molecule is C=C(O)c1ccc(-c2cccc(-c3c(-c4cccc(=O)n4C)c4cc(F)ccc4n3S(=O)(=O)c3ccc(C(F)F)cc3)c2)c(Cl)c1. The molecule has 4 aromatic carbocycles. The number of halogens is 4. The van der Waals surface area contributed by atoms with Crippen LogP contribution in [-0.2, 0) is 17.1 Å². The van der Waals surface area contributed by atoms with Crippen LogP contribution in [0.5, 0.6) is 0 Å². The van der Waals surface area contributed by atoms with Crippen LogP contribution in [0.3, 0.4) is 0 Å². The number of aliphatic hydroxyl groups is 1. The number of hydrogen-bond donors (Lipinski definition) is 1. The first kappa shape index (κ1) is 30.9. The number of fused-ring (bicyclic) bond motifs is 1. The van der Waals surface area contributed by atoms with Crippen LogP contribution >= 0.6 is 11.6 Å². The Labute approximate surface area is 266 Å². The first-order chi connectivity index (χ1) is 21.9. The van der Waals surface area contributed by atoms with Gasteiger partial charge in [-0.25, -0.2) is 25.6 Å². The summed E-state index contributed by atoms with van der Waals surface area (Å²) in [6.45, 7) is 3.52. The highest BCUT2D eigenvalue weighted by molar-refractivity contribution is 7.90. The largest absolute Gasteiger partial charge is 0.508 e. The van der Waals surface area contributed by atoms with E-state index in [1.165, 1.54) is 35.9 Å². The molecular formula is C35H24ClF3N2O4S. The average Bonchev–Trinajstić information content (AvgIpc) is 3.37. The van der Waals surface area contributed by atoms with E-state index in [0.29, 0.717) is 33.0 Å². The second-order valence-corrected chi connectivity index (χ2v) is 12.7. The summed E-state index contributed by atoms with van der Waals surface area (Å²) in [6, 6.07) is 24.1. The fraction of sp³-hybridized carbons (Fsp3) is 0.0571. The van der Waals surface area contributed by atoms with Gasteiger partial charge >= 0.3 is 0 Å². The Balaban J connectivity index is 1.72. The molecule has 6 rings (SSSR count). The molecule has 0 spiro atoms. The normalized spacial score (nSPS) is 11.8. The van der Waals surface area contributed by atoms with Gasteiger partial charge in [-0.3, -0.25) is 4.79 Å². The number of pyridine rings is 1. The van der Waals surface area contributed by atoms with Crippen LogP contribution in [0.15, 0.2) is 119 Å². The van der Waals surface area contributed by atoms with Crippen molar-refractivity contribution in [3.05, 3.63) is 142 Å². The van der Waals surface area contributed by atoms with Crippen LogP contribution in [0.1, 0.15) is 17.6 Å². The number of nitrogens with zero attached hydrogens (tertiary/aromatic N) is 2. The molecule has 6 aromatic rings. The summed E-state index contributed by atoms with van der Waals surface area (Å²) in [4.78, 5) is 12.5. The summed E-state index contributed by atoms with van der Waals surface area (Å²) in [7, 11) is -2.99. The minimum Gasteiger partial charge on any atom is -0.508 e. The number of rotatable bonds is 7. The lowest BCUT2D eigenvalue weighted by Crippen LogP contribution is -2.17. The van der Waals surface area contributed by atoms with Crippen molar-refractivity contribution < 1.29 is 26.7 Å². The molecule has 6 nitrogen and oxygen atoms in total. The van der Waals surface area contributed by atoms with Crippen LogP contribution in [0.2, 0.25) is 5.02 Å². The number of hydrogen-bond acceptors (Lipinski definition) is 4. The van der Waals surface area contributed by atoms with Crippen LogP contribution in [0.25, 0.3) is 50.3 Å². The summed E-state index contributed by atoms with van der Waals surface area (Å²) in [5.41, 5.74) is 2.02. The molecule has 2 aromatic heterocycles. The zero-order chi connectivity index (χ0) is 32.9. The Morgan fingerprint density at radius 2 is 1.59 bits per heavy atom. The molecule has 0 amide bonds. The van der Waals surface area contributed by atoms with Crippen molar-refractivity contribution in [2.45, 2.75) is 11.3 Å². The van der Waals surface area contributed by atoms with Crippen molar-refractivity contribution in [2.75, 3.05) is 0 Å². The third kappa shape index (κ3) is 5.29. The fourth-order valence-electron chi connectivity index (χ4n) is 5.47. The molecule has 0 unspecified atom stereocenters. The molecule has 46 heavy (non-hydrogen) atoms. The molecule has 1 N–H and O–H groups in total. The van der Waals surface area contributed by atoms with E-state index in [1.807, 2.05) is 0 Å². The summed E-state index contributed by atoms with van der Waals surface area (Å²) < 4.78 is 72.9. The van der Waals surface area contributed by atoms with E-state index in [2.05, 4.69) is 6.58 Å². The second-order valence-electron chi connectivity index (χ2n) is 10.6. The van der Waals surface area contributed by atoms with Crippen molar-refractivity contribution in [1.82, 2.24) is 8.54 Å². The van der Waals surface area contributed by atoms with Gasteiger partial charge in [0.05, 0.1) is 21.8 Å². The highest BCUT2D eigenvalue weighted by Crippen LogP contribution is 2.44. The Morgan fingerprint density at radius 3 is 2.26 bits per heavy atom. The maximum atomic E-state index is 14.9. The molecule has 232 valence electrons. The number of alkyl halides is 2. The van der Waals surface area contributed by atoms with E-state index in [4.69, 9.17) is 11.6 Å². The van der Waals surface area contributed by atoms with Crippen LogP contribution < -0.4 is 5.56 Å². The van der Waals surface area contributed by atoms with Crippen molar-refractivity contribution >= 4 is 38.3 Å². The first-order valence-corrected chi connectivity index (χ1v) is 15.6. The molecule has 0 saturated carbocycles. The van der Waals surface area contributed by atoms with Gasteiger partial charge in [-0.2, -0.15) is 0 Å². The Morgan fingerprint density at radius 1 is 0.891 bits per heavy atom. The third-order valence-electron chi connectivity index (χ3n) is 7.75. The lowest BCUT2D eigenvalue weighted by atomic mass is 9.97. The molecule has 0 aliphatic carbocycles. The topological polar surface area (TPSA) is 81.3 Å². The number of aromatic nitrogens is 2. The van der Waals surface area contributed by atoms with E-state index in [-0.39, 0.29) is 43.9 Å². The summed E-state index contributed by atoms with van der Waals surface area (Å²) >= 11 is 6.59. The molecule has 0 atom stereocenters. The quantitative estimate of drug-likeness (QED) is 0.174. The predicted octanol–water partition coefficient (Wildman–Crippen LogP) is 8.84. The highest BCUT2D eigenvalue weighted by Gasteiger charge is 2.30.